The summed E-state index contributed by atoms with van der Waals surface area (Å²) in [5.41, 5.74) is 0. The first-order valence-corrected chi connectivity index (χ1v) is 5.44. The van der Waals surface area contributed by atoms with Crippen LogP contribution in [0.1, 0.15) is 51.9 Å². The fourth-order valence-corrected chi connectivity index (χ4v) is 1.37. The van der Waals surface area contributed by atoms with Gasteiger partial charge in [-0.2, -0.15) is 5.26 Å². The lowest BCUT2D eigenvalue weighted by atomic mass is 10.1. The van der Waals surface area contributed by atoms with Gasteiger partial charge in [0.05, 0.1) is 6.10 Å². The molecular formula is C11H20FNO. The van der Waals surface area contributed by atoms with Crippen LogP contribution in [0.5, 0.6) is 0 Å². The van der Waals surface area contributed by atoms with E-state index in [1.807, 2.05) is 0 Å². The summed E-state index contributed by atoms with van der Waals surface area (Å²) in [5, 5.41) is 17.3. The quantitative estimate of drug-likeness (QED) is 0.613. The largest absolute Gasteiger partial charge is 0.389 e. The van der Waals surface area contributed by atoms with Gasteiger partial charge in [-0.25, -0.2) is 4.39 Å². The van der Waals surface area contributed by atoms with Gasteiger partial charge in [0.1, 0.15) is 6.07 Å². The summed E-state index contributed by atoms with van der Waals surface area (Å²) in [7, 11) is 0. The monoisotopic (exact) mass is 201 g/mol. The molecule has 0 radical (unpaired) electrons. The van der Waals surface area contributed by atoms with E-state index in [-0.39, 0.29) is 0 Å². The maximum atomic E-state index is 12.5. The van der Waals surface area contributed by atoms with Crippen molar-refractivity contribution in [3.8, 4) is 6.07 Å². The molecule has 1 N–H and O–H groups in total. The third-order valence-corrected chi connectivity index (χ3v) is 2.31. The Morgan fingerprint density at radius 1 is 1.21 bits per heavy atom. The van der Waals surface area contributed by atoms with Crippen molar-refractivity contribution in [2.45, 2.75) is 64.1 Å². The van der Waals surface area contributed by atoms with Crippen LogP contribution >= 0.6 is 0 Å². The van der Waals surface area contributed by atoms with Crippen LogP contribution in [0.3, 0.4) is 0 Å². The van der Waals surface area contributed by atoms with Gasteiger partial charge in [-0.3, -0.25) is 0 Å². The number of nitriles is 1. The van der Waals surface area contributed by atoms with E-state index in [1.165, 1.54) is 25.3 Å². The van der Waals surface area contributed by atoms with Gasteiger partial charge in [-0.15, -0.1) is 0 Å². The molecular weight excluding hydrogens is 181 g/mol. The van der Waals surface area contributed by atoms with Gasteiger partial charge in [0.15, 0.2) is 0 Å². The van der Waals surface area contributed by atoms with E-state index < -0.39 is 12.3 Å². The second-order valence-electron chi connectivity index (χ2n) is 3.65. The Kier molecular flexibility index (Phi) is 8.56. The molecule has 3 heteroatoms. The Bertz CT molecular complexity index is 167. The number of rotatable bonds is 8. The van der Waals surface area contributed by atoms with Crippen molar-refractivity contribution in [1.82, 2.24) is 0 Å². The molecule has 82 valence electrons. The van der Waals surface area contributed by atoms with Crippen molar-refractivity contribution in [2.75, 3.05) is 0 Å². The topological polar surface area (TPSA) is 44.0 Å². The highest BCUT2D eigenvalue weighted by atomic mass is 19.1. The number of alkyl halides is 1. The summed E-state index contributed by atoms with van der Waals surface area (Å²) in [6.07, 6.45) is 4.24. The second kappa shape index (κ2) is 8.96. The number of hydrogen-bond donors (Lipinski definition) is 1. The summed E-state index contributed by atoms with van der Waals surface area (Å²) in [4.78, 5) is 0. The van der Waals surface area contributed by atoms with Crippen molar-refractivity contribution in [2.24, 2.45) is 0 Å². The van der Waals surface area contributed by atoms with E-state index in [9.17, 15) is 4.39 Å². The molecule has 0 aliphatic carbocycles. The number of aliphatic hydroxyl groups is 1. The molecule has 0 aliphatic heterocycles. The number of aliphatic hydroxyl groups excluding tert-OH is 1. The zero-order valence-electron chi connectivity index (χ0n) is 8.88. The molecule has 0 saturated carbocycles. The van der Waals surface area contributed by atoms with Gasteiger partial charge in [-0.1, -0.05) is 45.4 Å². The van der Waals surface area contributed by atoms with Crippen molar-refractivity contribution >= 4 is 0 Å². The van der Waals surface area contributed by atoms with Crippen LogP contribution in [0.25, 0.3) is 0 Å². The molecule has 0 unspecified atom stereocenters. The average Bonchev–Trinajstić information content (AvgIpc) is 2.21. The third kappa shape index (κ3) is 6.85. The minimum Gasteiger partial charge on any atom is -0.389 e. The van der Waals surface area contributed by atoms with Gasteiger partial charge < -0.3 is 5.11 Å². The molecule has 0 rings (SSSR count). The first kappa shape index (κ1) is 13.4. The molecule has 0 aromatic carbocycles. The molecule has 0 aromatic heterocycles. The normalized spacial score (nSPS) is 14.7. The van der Waals surface area contributed by atoms with Crippen molar-refractivity contribution in [3.05, 3.63) is 0 Å². The number of hydrogen-bond acceptors (Lipinski definition) is 2. The predicted molar refractivity (Wildman–Crippen MR) is 54.5 cm³/mol. The van der Waals surface area contributed by atoms with Gasteiger partial charge in [-0.05, 0) is 6.42 Å². The van der Waals surface area contributed by atoms with E-state index in [0.29, 0.717) is 6.42 Å². The maximum Gasteiger partial charge on any atom is 0.211 e. The first-order chi connectivity index (χ1) is 6.72. The molecule has 14 heavy (non-hydrogen) atoms. The summed E-state index contributed by atoms with van der Waals surface area (Å²) >= 11 is 0. The van der Waals surface area contributed by atoms with Crippen LogP contribution in [0, 0.1) is 11.3 Å². The zero-order chi connectivity index (χ0) is 10.8. The fourth-order valence-electron chi connectivity index (χ4n) is 1.37. The third-order valence-electron chi connectivity index (χ3n) is 2.31. The Balaban J connectivity index is 3.24. The Labute approximate surface area is 85.7 Å². The van der Waals surface area contributed by atoms with Crippen molar-refractivity contribution in [3.63, 3.8) is 0 Å². The van der Waals surface area contributed by atoms with Crippen LogP contribution in [0.4, 0.5) is 4.39 Å². The molecule has 0 amide bonds. The Morgan fingerprint density at radius 2 is 1.79 bits per heavy atom. The zero-order valence-corrected chi connectivity index (χ0v) is 8.88. The van der Waals surface area contributed by atoms with Crippen molar-refractivity contribution in [1.29, 1.82) is 5.26 Å². The lowest BCUT2D eigenvalue weighted by Gasteiger charge is -2.08. The van der Waals surface area contributed by atoms with E-state index >= 15 is 0 Å². The smallest absolute Gasteiger partial charge is 0.211 e. The van der Waals surface area contributed by atoms with E-state index in [2.05, 4.69) is 6.92 Å². The van der Waals surface area contributed by atoms with E-state index in [0.717, 1.165) is 19.3 Å². The molecule has 0 bridgehead atoms. The minimum atomic E-state index is -1.72. The van der Waals surface area contributed by atoms with Crippen LogP contribution in [-0.2, 0) is 0 Å². The van der Waals surface area contributed by atoms with E-state index in [1.54, 1.807) is 0 Å². The molecule has 0 aromatic rings. The summed E-state index contributed by atoms with van der Waals surface area (Å²) < 4.78 is 12.5. The summed E-state index contributed by atoms with van der Waals surface area (Å²) in [6.45, 7) is 2.16. The number of halogens is 1. The Hall–Kier alpha value is -0.620. The number of unbranched alkanes of at least 4 members (excludes halogenated alkanes) is 5. The summed E-state index contributed by atoms with van der Waals surface area (Å²) in [5.74, 6) is 0. The molecule has 0 saturated heterocycles. The minimum absolute atomic E-state index is 0.404. The molecule has 0 fully saturated rings. The summed E-state index contributed by atoms with van der Waals surface area (Å²) in [6, 6.07) is 1.41. The fraction of sp³-hybridized carbons (Fsp3) is 0.909. The number of nitrogens with zero attached hydrogens (tertiary/aromatic N) is 1. The first-order valence-electron chi connectivity index (χ1n) is 5.44. The molecule has 0 aliphatic rings. The lowest BCUT2D eigenvalue weighted by Crippen LogP contribution is -2.19. The van der Waals surface area contributed by atoms with Crippen LogP contribution < -0.4 is 0 Å². The van der Waals surface area contributed by atoms with E-state index in [4.69, 9.17) is 10.4 Å². The predicted octanol–water partition coefficient (Wildman–Crippen LogP) is 2.96. The maximum absolute atomic E-state index is 12.5. The molecule has 0 heterocycles. The highest BCUT2D eigenvalue weighted by Crippen LogP contribution is 2.11. The van der Waals surface area contributed by atoms with Crippen molar-refractivity contribution < 1.29 is 9.50 Å². The SMILES string of the molecule is CCCCCCCC[C@@H](O)[C@@H](F)C#N. The highest BCUT2D eigenvalue weighted by molar-refractivity contribution is 4.88. The second-order valence-corrected chi connectivity index (χ2v) is 3.65. The van der Waals surface area contributed by atoms with Crippen LogP contribution in [0.2, 0.25) is 0 Å². The van der Waals surface area contributed by atoms with Gasteiger partial charge in [0.25, 0.3) is 0 Å². The average molecular weight is 201 g/mol. The Morgan fingerprint density at radius 3 is 2.36 bits per heavy atom. The highest BCUT2D eigenvalue weighted by Gasteiger charge is 2.16. The standard InChI is InChI=1S/C11H20FNO/c1-2-3-4-5-6-7-8-11(14)10(12)9-13/h10-11,14H,2-8H2,1H3/t10-,11+/m0/s1. The molecule has 0 spiro atoms. The van der Waals surface area contributed by atoms with Gasteiger partial charge in [0.2, 0.25) is 6.17 Å². The lowest BCUT2D eigenvalue weighted by molar-refractivity contribution is 0.0958. The van der Waals surface area contributed by atoms with Gasteiger partial charge in [0, 0.05) is 0 Å². The van der Waals surface area contributed by atoms with Crippen LogP contribution in [0.15, 0.2) is 0 Å². The van der Waals surface area contributed by atoms with Gasteiger partial charge >= 0.3 is 0 Å². The van der Waals surface area contributed by atoms with Crippen LogP contribution in [-0.4, -0.2) is 17.4 Å². The molecule has 2 nitrogen and oxygen atoms in total. The molecule has 2 atom stereocenters.